The van der Waals surface area contributed by atoms with Crippen molar-refractivity contribution in [3.8, 4) is 0 Å². The molecule has 1 heterocycles. The van der Waals surface area contributed by atoms with Crippen molar-refractivity contribution in [3.63, 3.8) is 0 Å². The van der Waals surface area contributed by atoms with Gasteiger partial charge in [0.1, 0.15) is 0 Å². The van der Waals surface area contributed by atoms with Gasteiger partial charge in [-0.05, 0) is 31.2 Å². The third-order valence-electron chi connectivity index (χ3n) is 2.88. The summed E-state index contributed by atoms with van der Waals surface area (Å²) in [6, 6.07) is 8.77. The molecule has 0 radical (unpaired) electrons. The molecule has 9 nitrogen and oxygen atoms in total. The highest BCUT2D eigenvalue weighted by molar-refractivity contribution is 7.80. The Morgan fingerprint density at radius 2 is 2.00 bits per heavy atom. The number of rotatable bonds is 8. The maximum Gasteiger partial charge on any atom is 0.397 e. The van der Waals surface area contributed by atoms with E-state index < -0.39 is 10.4 Å². The zero-order chi connectivity index (χ0) is 16.7. The molecule has 0 saturated carbocycles. The van der Waals surface area contributed by atoms with E-state index in [1.807, 2.05) is 24.0 Å². The van der Waals surface area contributed by atoms with Crippen molar-refractivity contribution in [2.75, 3.05) is 24.6 Å². The Bertz CT molecular complexity index is 728. The fourth-order valence-corrected chi connectivity index (χ4v) is 2.11. The van der Waals surface area contributed by atoms with Crippen molar-refractivity contribution in [2.45, 2.75) is 6.92 Å². The Hall–Kier alpha value is -2.30. The van der Waals surface area contributed by atoms with Crippen LogP contribution in [-0.4, -0.2) is 37.8 Å². The average molecular weight is 340 g/mol. The van der Waals surface area contributed by atoms with Crippen LogP contribution in [0.25, 0.3) is 0 Å². The summed E-state index contributed by atoms with van der Waals surface area (Å²) in [7, 11) is -4.41. The lowest BCUT2D eigenvalue weighted by Gasteiger charge is -2.22. The van der Waals surface area contributed by atoms with Crippen LogP contribution < -0.4 is 4.90 Å². The Balaban J connectivity index is 1.96. The average Bonchev–Trinajstić information content (AvgIpc) is 3.03. The van der Waals surface area contributed by atoms with Crippen molar-refractivity contribution < 1.29 is 21.7 Å². The van der Waals surface area contributed by atoms with Crippen molar-refractivity contribution in [1.82, 2.24) is 5.16 Å². The van der Waals surface area contributed by atoms with Gasteiger partial charge in [-0.3, -0.25) is 4.55 Å². The van der Waals surface area contributed by atoms with Crippen molar-refractivity contribution in [3.05, 3.63) is 36.5 Å². The summed E-state index contributed by atoms with van der Waals surface area (Å²) in [6.45, 7) is 2.74. The first-order chi connectivity index (χ1) is 11.0. The number of hydrogen-bond donors (Lipinski definition) is 1. The van der Waals surface area contributed by atoms with E-state index in [1.54, 1.807) is 18.2 Å². The lowest BCUT2D eigenvalue weighted by Crippen LogP contribution is -2.27. The molecule has 0 fully saturated rings. The van der Waals surface area contributed by atoms with Crippen LogP contribution in [0.3, 0.4) is 0 Å². The minimum atomic E-state index is -4.41. The molecule has 0 saturated heterocycles. The molecule has 2 rings (SSSR count). The van der Waals surface area contributed by atoms with Crippen molar-refractivity contribution in [1.29, 1.82) is 0 Å². The van der Waals surface area contributed by atoms with Gasteiger partial charge >= 0.3 is 10.4 Å². The second-order valence-corrected chi connectivity index (χ2v) is 5.49. The Kier molecular flexibility index (Phi) is 5.79. The first-order valence-corrected chi connectivity index (χ1v) is 8.14. The molecule has 0 unspecified atom stereocenters. The van der Waals surface area contributed by atoms with Gasteiger partial charge in [-0.2, -0.15) is 8.42 Å². The second-order valence-electron chi connectivity index (χ2n) is 4.40. The number of hydrogen-bond acceptors (Lipinski definition) is 8. The molecule has 0 amide bonds. The van der Waals surface area contributed by atoms with Crippen LogP contribution in [0, 0.1) is 0 Å². The highest BCUT2D eigenvalue weighted by Gasteiger charge is 2.08. The smallest absolute Gasteiger partial charge is 0.369 e. The number of benzene rings is 1. The second kappa shape index (κ2) is 7.81. The molecular formula is C13H16N4O5S. The fourth-order valence-electron chi connectivity index (χ4n) is 1.82. The van der Waals surface area contributed by atoms with Crippen LogP contribution in [-0.2, 0) is 14.6 Å². The van der Waals surface area contributed by atoms with E-state index in [9.17, 15) is 8.42 Å². The zero-order valence-electron chi connectivity index (χ0n) is 12.4. The van der Waals surface area contributed by atoms with Crippen LogP contribution in [0.4, 0.5) is 17.3 Å². The Morgan fingerprint density at radius 1 is 1.26 bits per heavy atom. The third-order valence-corrected chi connectivity index (χ3v) is 3.34. The first kappa shape index (κ1) is 17.1. The molecule has 0 aliphatic heterocycles. The molecule has 2 aromatic rings. The minimum absolute atomic E-state index is 0.139. The van der Waals surface area contributed by atoms with E-state index in [2.05, 4.69) is 19.6 Å². The highest BCUT2D eigenvalue weighted by atomic mass is 32.3. The quantitative estimate of drug-likeness (QED) is 0.580. The van der Waals surface area contributed by atoms with Gasteiger partial charge in [0.2, 0.25) is 0 Å². The zero-order valence-corrected chi connectivity index (χ0v) is 13.2. The molecule has 124 valence electrons. The number of aromatic nitrogens is 1. The predicted octanol–water partition coefficient (Wildman–Crippen LogP) is 2.74. The monoisotopic (exact) mass is 340 g/mol. The SMILES string of the molecule is CCN(CCOS(=O)(=O)O)c1ccc(/N=N/c2ccno2)cc1. The van der Waals surface area contributed by atoms with Gasteiger partial charge in [0, 0.05) is 24.8 Å². The number of likely N-dealkylation sites (N-methyl/N-ethyl adjacent to an activating group) is 1. The fraction of sp³-hybridized carbons (Fsp3) is 0.308. The molecule has 0 aliphatic rings. The first-order valence-electron chi connectivity index (χ1n) is 6.77. The van der Waals surface area contributed by atoms with Gasteiger partial charge in [0.15, 0.2) is 0 Å². The molecular weight excluding hydrogens is 324 g/mol. The van der Waals surface area contributed by atoms with Gasteiger partial charge in [0.05, 0.1) is 18.5 Å². The van der Waals surface area contributed by atoms with Crippen molar-refractivity contribution >= 4 is 27.7 Å². The topological polar surface area (TPSA) is 118 Å². The summed E-state index contributed by atoms with van der Waals surface area (Å²) >= 11 is 0. The molecule has 1 aromatic heterocycles. The van der Waals surface area contributed by atoms with Gasteiger partial charge in [-0.25, -0.2) is 4.18 Å². The maximum atomic E-state index is 10.5. The molecule has 1 N–H and O–H groups in total. The summed E-state index contributed by atoms with van der Waals surface area (Å²) in [5.74, 6) is 0.312. The van der Waals surface area contributed by atoms with Gasteiger partial charge in [-0.15, -0.1) is 10.2 Å². The maximum absolute atomic E-state index is 10.5. The lowest BCUT2D eigenvalue weighted by atomic mass is 10.2. The van der Waals surface area contributed by atoms with Crippen LogP contribution in [0.2, 0.25) is 0 Å². The van der Waals surface area contributed by atoms with E-state index in [0.717, 1.165) is 5.69 Å². The lowest BCUT2D eigenvalue weighted by molar-refractivity contribution is 0.274. The van der Waals surface area contributed by atoms with E-state index in [4.69, 9.17) is 9.08 Å². The largest absolute Gasteiger partial charge is 0.397 e. The molecule has 0 aliphatic carbocycles. The highest BCUT2D eigenvalue weighted by Crippen LogP contribution is 2.22. The minimum Gasteiger partial charge on any atom is -0.369 e. The van der Waals surface area contributed by atoms with Crippen LogP contribution >= 0.6 is 0 Å². The Morgan fingerprint density at radius 3 is 2.57 bits per heavy atom. The summed E-state index contributed by atoms with van der Waals surface area (Å²) in [5.41, 5.74) is 1.50. The van der Waals surface area contributed by atoms with E-state index >= 15 is 0 Å². The Labute approximate surface area is 133 Å². The van der Waals surface area contributed by atoms with E-state index in [1.165, 1.54) is 6.20 Å². The number of anilines is 1. The van der Waals surface area contributed by atoms with E-state index in [0.29, 0.717) is 24.7 Å². The summed E-state index contributed by atoms with van der Waals surface area (Å²) in [5, 5.41) is 11.4. The molecule has 1 aromatic carbocycles. The summed E-state index contributed by atoms with van der Waals surface area (Å²) in [4.78, 5) is 1.89. The van der Waals surface area contributed by atoms with Crippen LogP contribution in [0.5, 0.6) is 0 Å². The summed E-state index contributed by atoms with van der Waals surface area (Å²) in [6.07, 6.45) is 1.48. The third kappa shape index (κ3) is 5.77. The molecule has 23 heavy (non-hydrogen) atoms. The van der Waals surface area contributed by atoms with Gasteiger partial charge in [-0.1, -0.05) is 5.16 Å². The van der Waals surface area contributed by atoms with Crippen LogP contribution in [0.15, 0.2) is 51.3 Å². The van der Waals surface area contributed by atoms with E-state index in [-0.39, 0.29) is 6.61 Å². The van der Waals surface area contributed by atoms with Crippen molar-refractivity contribution in [2.24, 2.45) is 10.2 Å². The molecule has 0 atom stereocenters. The molecule has 0 spiro atoms. The van der Waals surface area contributed by atoms with Gasteiger partial charge < -0.3 is 9.42 Å². The number of nitrogens with zero attached hydrogens (tertiary/aromatic N) is 4. The number of azo groups is 1. The molecule has 0 bridgehead atoms. The normalized spacial score (nSPS) is 11.9. The predicted molar refractivity (Wildman–Crippen MR) is 82.5 cm³/mol. The van der Waals surface area contributed by atoms with Crippen LogP contribution in [0.1, 0.15) is 6.92 Å². The van der Waals surface area contributed by atoms with Gasteiger partial charge in [0.25, 0.3) is 5.88 Å². The standard InChI is InChI=1S/C13H16N4O5S/c1-2-17(9-10-21-23(18,19)20)12-5-3-11(4-6-12)15-16-13-7-8-14-22-13/h3-8H,2,9-10H2,1H3,(H,18,19,20)/b16-15+. The molecule has 10 heteroatoms. The summed E-state index contributed by atoms with van der Waals surface area (Å²) < 4.78 is 38.7.